The van der Waals surface area contributed by atoms with E-state index >= 15 is 0 Å². The smallest absolute Gasteiger partial charge is 1.00 e. The van der Waals surface area contributed by atoms with Crippen LogP contribution in [0.2, 0.25) is 0 Å². The number of rotatable bonds is 1. The van der Waals surface area contributed by atoms with Crippen LogP contribution in [0, 0.1) is 6.92 Å². The number of halogens is 1. The molecule has 0 N–H and O–H groups in total. The molecule has 0 aromatic heterocycles. The minimum atomic E-state index is -3.05. The van der Waals surface area contributed by atoms with Crippen LogP contribution in [0.1, 0.15) is 5.56 Å². The third-order valence-corrected chi connectivity index (χ3v) is 2.48. The molecule has 0 fully saturated rings. The van der Waals surface area contributed by atoms with Crippen LogP contribution in [0.15, 0.2) is 29.2 Å². The van der Waals surface area contributed by atoms with Crippen LogP contribution < -0.4 is 24.0 Å². The molecule has 0 radical (unpaired) electrons. The third kappa shape index (κ3) is 5.09. The Kier molecular flexibility index (Phi) is 7.50. The summed E-state index contributed by atoms with van der Waals surface area (Å²) in [5.41, 5.74) is 0.817. The van der Waals surface area contributed by atoms with Gasteiger partial charge in [-0.3, -0.25) is 0 Å². The van der Waals surface area contributed by atoms with Crippen molar-refractivity contribution in [3.63, 3.8) is 0 Å². The van der Waals surface area contributed by atoms with Crippen molar-refractivity contribution in [2.75, 3.05) is 6.26 Å². The molecule has 5 heteroatoms. The van der Waals surface area contributed by atoms with E-state index in [0.29, 0.717) is 4.90 Å². The molecule has 13 heavy (non-hydrogen) atoms. The summed E-state index contributed by atoms with van der Waals surface area (Å²) in [6.07, 6.45) is 1.19. The first-order valence-electron chi connectivity index (χ1n) is 3.12. The Labute approximate surface area is 112 Å². The van der Waals surface area contributed by atoms with Gasteiger partial charge in [-0.15, -0.1) is 0 Å². The van der Waals surface area contributed by atoms with E-state index in [1.807, 2.05) is 0 Å². The molecule has 1 aromatic rings. The standard InChI is InChI=1S/C8H9O2S.HI.Mg/c1-7-3-5-8(6-4-7)11(2,9)10;;/h3-6H,1H2,2H3;1H;/q-1;;+2/p-1. The Bertz CT molecular complexity index is 345. The molecule has 0 heterocycles. The van der Waals surface area contributed by atoms with Crippen LogP contribution in [0.4, 0.5) is 0 Å². The van der Waals surface area contributed by atoms with Crippen LogP contribution in [-0.4, -0.2) is 37.7 Å². The van der Waals surface area contributed by atoms with E-state index in [1.54, 1.807) is 24.3 Å². The molecule has 0 aliphatic carbocycles. The topological polar surface area (TPSA) is 34.1 Å². The van der Waals surface area contributed by atoms with E-state index < -0.39 is 9.84 Å². The molecule has 1 rings (SSSR count). The molecular weight excluding hydrogens is 311 g/mol. The maximum atomic E-state index is 10.9. The fraction of sp³-hybridized carbons (Fsp3) is 0.125. The van der Waals surface area contributed by atoms with Gasteiger partial charge in [-0.1, -0.05) is 12.1 Å². The SMILES string of the molecule is [CH2-]c1ccc(S(C)(=O)=O)cc1.[I-].[Mg+2]. The summed E-state index contributed by atoms with van der Waals surface area (Å²) in [6, 6.07) is 6.46. The van der Waals surface area contributed by atoms with E-state index in [9.17, 15) is 8.42 Å². The van der Waals surface area contributed by atoms with Gasteiger partial charge in [0.15, 0.2) is 9.84 Å². The third-order valence-electron chi connectivity index (χ3n) is 1.35. The molecular formula is C8H9IMgO2S. The van der Waals surface area contributed by atoms with E-state index in [-0.39, 0.29) is 47.0 Å². The largest absolute Gasteiger partial charge is 2.00 e. The monoisotopic (exact) mass is 320 g/mol. The van der Waals surface area contributed by atoms with Gasteiger partial charge in [-0.2, -0.15) is 24.6 Å². The minimum Gasteiger partial charge on any atom is -1.00 e. The van der Waals surface area contributed by atoms with Gasteiger partial charge >= 0.3 is 23.1 Å². The molecule has 0 aliphatic rings. The van der Waals surface area contributed by atoms with Crippen LogP contribution in [0.3, 0.4) is 0 Å². The second-order valence-corrected chi connectivity index (χ2v) is 4.43. The van der Waals surface area contributed by atoms with Crippen molar-refractivity contribution in [1.82, 2.24) is 0 Å². The van der Waals surface area contributed by atoms with E-state index in [2.05, 4.69) is 6.92 Å². The van der Waals surface area contributed by atoms with Crippen LogP contribution in [0.25, 0.3) is 0 Å². The Hall–Kier alpha value is 0.536. The Morgan fingerprint density at radius 2 is 1.54 bits per heavy atom. The Morgan fingerprint density at radius 1 is 1.15 bits per heavy atom. The van der Waals surface area contributed by atoms with Crippen molar-refractivity contribution in [3.8, 4) is 0 Å². The molecule has 0 spiro atoms. The van der Waals surface area contributed by atoms with Gasteiger partial charge < -0.3 is 24.0 Å². The maximum absolute atomic E-state index is 10.9. The minimum absolute atomic E-state index is 0. The van der Waals surface area contributed by atoms with Gasteiger partial charge in [-0.25, -0.2) is 8.42 Å². The second kappa shape index (κ2) is 6.10. The molecule has 0 unspecified atom stereocenters. The molecule has 1 aromatic carbocycles. The van der Waals surface area contributed by atoms with Crippen LogP contribution >= 0.6 is 0 Å². The van der Waals surface area contributed by atoms with Crippen molar-refractivity contribution in [3.05, 3.63) is 36.8 Å². The first kappa shape index (κ1) is 16.0. The van der Waals surface area contributed by atoms with Crippen LogP contribution in [0.5, 0.6) is 0 Å². The zero-order valence-electron chi connectivity index (χ0n) is 7.33. The normalized spacial score (nSPS) is 9.62. The molecule has 0 atom stereocenters. The first-order valence-corrected chi connectivity index (χ1v) is 5.01. The summed E-state index contributed by atoms with van der Waals surface area (Å²) in [5.74, 6) is 0. The quantitative estimate of drug-likeness (QED) is 0.337. The van der Waals surface area contributed by atoms with Crippen molar-refractivity contribution in [2.24, 2.45) is 0 Å². The summed E-state index contributed by atoms with van der Waals surface area (Å²) >= 11 is 0. The molecule has 68 valence electrons. The first-order chi connectivity index (χ1) is 5.00. The molecule has 0 saturated carbocycles. The number of hydrogen-bond donors (Lipinski definition) is 0. The molecule has 0 amide bonds. The number of hydrogen-bond acceptors (Lipinski definition) is 2. The predicted molar refractivity (Wildman–Crippen MR) is 49.8 cm³/mol. The average molecular weight is 320 g/mol. The summed E-state index contributed by atoms with van der Waals surface area (Å²) in [7, 11) is -3.05. The summed E-state index contributed by atoms with van der Waals surface area (Å²) < 4.78 is 21.8. The van der Waals surface area contributed by atoms with Gasteiger partial charge in [0.1, 0.15) is 0 Å². The molecule has 0 saturated heterocycles. The average Bonchev–Trinajstić information content (AvgIpc) is 1.86. The molecule has 0 bridgehead atoms. The Morgan fingerprint density at radius 3 is 1.85 bits per heavy atom. The van der Waals surface area contributed by atoms with Crippen LogP contribution in [-0.2, 0) is 9.84 Å². The zero-order chi connectivity index (χ0) is 8.48. The van der Waals surface area contributed by atoms with E-state index in [4.69, 9.17) is 0 Å². The zero-order valence-corrected chi connectivity index (χ0v) is 11.7. The van der Waals surface area contributed by atoms with Gasteiger partial charge in [0.2, 0.25) is 0 Å². The summed E-state index contributed by atoms with van der Waals surface area (Å²) in [5, 5.41) is 0. The summed E-state index contributed by atoms with van der Waals surface area (Å²) in [6.45, 7) is 3.65. The molecule has 0 aliphatic heterocycles. The summed E-state index contributed by atoms with van der Waals surface area (Å²) in [4.78, 5) is 0.338. The van der Waals surface area contributed by atoms with Gasteiger partial charge in [0.05, 0.1) is 0 Å². The Balaban J connectivity index is 0. The fourth-order valence-corrected chi connectivity index (χ4v) is 1.37. The molecule has 2 nitrogen and oxygen atoms in total. The number of benzene rings is 1. The van der Waals surface area contributed by atoms with Gasteiger partial charge in [-0.05, 0) is 0 Å². The maximum Gasteiger partial charge on any atom is 2.00 e. The predicted octanol–water partition coefficient (Wildman–Crippen LogP) is -2.10. The van der Waals surface area contributed by atoms with E-state index in [1.165, 1.54) is 6.26 Å². The van der Waals surface area contributed by atoms with Crippen molar-refractivity contribution >= 4 is 32.9 Å². The van der Waals surface area contributed by atoms with E-state index in [0.717, 1.165) is 5.56 Å². The fourth-order valence-electron chi connectivity index (χ4n) is 0.737. The van der Waals surface area contributed by atoms with Crippen molar-refractivity contribution < 1.29 is 32.4 Å². The van der Waals surface area contributed by atoms with Crippen molar-refractivity contribution in [2.45, 2.75) is 4.90 Å². The van der Waals surface area contributed by atoms with Gasteiger partial charge in [0.25, 0.3) is 0 Å². The second-order valence-electron chi connectivity index (χ2n) is 2.42. The number of sulfone groups is 1. The van der Waals surface area contributed by atoms with Crippen molar-refractivity contribution in [1.29, 1.82) is 0 Å². The van der Waals surface area contributed by atoms with Gasteiger partial charge in [0, 0.05) is 11.2 Å².